The molecule has 146 valence electrons. The van der Waals surface area contributed by atoms with Crippen molar-refractivity contribution in [1.82, 2.24) is 14.5 Å². The van der Waals surface area contributed by atoms with Gasteiger partial charge in [0, 0.05) is 30.5 Å². The van der Waals surface area contributed by atoms with Crippen LogP contribution in [-0.4, -0.2) is 38.7 Å². The molecule has 0 aliphatic carbocycles. The summed E-state index contributed by atoms with van der Waals surface area (Å²) in [6.07, 6.45) is 6.50. The topological polar surface area (TPSA) is 57.8 Å². The van der Waals surface area contributed by atoms with E-state index in [0.29, 0.717) is 0 Å². The van der Waals surface area contributed by atoms with Gasteiger partial charge >= 0.3 is 0 Å². The molecule has 1 saturated heterocycles. The highest BCUT2D eigenvalue weighted by molar-refractivity contribution is 5.88. The first-order valence-corrected chi connectivity index (χ1v) is 9.77. The third-order valence-electron chi connectivity index (χ3n) is 4.92. The molecule has 2 aromatic heterocycles. The molecule has 28 heavy (non-hydrogen) atoms. The van der Waals surface area contributed by atoms with Gasteiger partial charge in [-0.1, -0.05) is 43.0 Å². The molecule has 0 spiro atoms. The summed E-state index contributed by atoms with van der Waals surface area (Å²) < 4.78 is 1.92. The lowest BCUT2D eigenvalue weighted by Crippen LogP contribution is -2.37. The molecule has 3 heterocycles. The van der Waals surface area contributed by atoms with E-state index in [1.54, 1.807) is 6.92 Å². The summed E-state index contributed by atoms with van der Waals surface area (Å²) in [5.74, 6) is -0.000933. The van der Waals surface area contributed by atoms with E-state index in [1.807, 2.05) is 45.9 Å². The van der Waals surface area contributed by atoms with E-state index in [0.717, 1.165) is 48.1 Å². The average molecular weight is 377 g/mol. The summed E-state index contributed by atoms with van der Waals surface area (Å²) in [6.45, 7) is 6.38. The van der Waals surface area contributed by atoms with Crippen LogP contribution in [0.15, 0.2) is 67.4 Å². The predicted octanol–water partition coefficient (Wildman–Crippen LogP) is 4.24. The third kappa shape index (κ3) is 3.99. The highest BCUT2D eigenvalue weighted by Crippen LogP contribution is 2.39. The number of benzene rings is 1. The van der Waals surface area contributed by atoms with Gasteiger partial charge in [-0.05, 0) is 44.4 Å². The van der Waals surface area contributed by atoms with Crippen molar-refractivity contribution in [2.75, 3.05) is 13.2 Å². The Bertz CT molecular complexity index is 933. The molecule has 1 N–H and O–H groups in total. The Kier molecular flexibility index (Phi) is 6.61. The van der Waals surface area contributed by atoms with Crippen molar-refractivity contribution in [3.05, 3.63) is 72.9 Å². The van der Waals surface area contributed by atoms with Gasteiger partial charge in [0.2, 0.25) is 5.91 Å². The number of rotatable bonds is 3. The third-order valence-corrected chi connectivity index (χ3v) is 4.92. The number of piperidine rings is 1. The number of amides is 1. The van der Waals surface area contributed by atoms with Crippen LogP contribution in [0.5, 0.6) is 0 Å². The molecule has 4 rings (SSSR count). The lowest BCUT2D eigenvalue weighted by molar-refractivity contribution is -0.129. The second-order valence-electron chi connectivity index (χ2n) is 6.72. The molecule has 1 aliphatic rings. The van der Waals surface area contributed by atoms with Crippen LogP contribution >= 0.6 is 0 Å². The van der Waals surface area contributed by atoms with Gasteiger partial charge in [0.15, 0.2) is 0 Å². The maximum atomic E-state index is 12.4. The molecular weight excluding hydrogens is 350 g/mol. The minimum absolute atomic E-state index is 0.000933. The predicted molar refractivity (Wildman–Crippen MR) is 112 cm³/mol. The van der Waals surface area contributed by atoms with Crippen LogP contribution in [0.4, 0.5) is 0 Å². The van der Waals surface area contributed by atoms with Gasteiger partial charge in [-0.25, -0.2) is 4.52 Å². The smallest absolute Gasteiger partial charge is 0.246 e. The van der Waals surface area contributed by atoms with E-state index in [-0.39, 0.29) is 18.6 Å². The first-order chi connectivity index (χ1) is 13.7. The number of hydrogen-bond donors (Lipinski definition) is 1. The number of hydrogen-bond acceptors (Lipinski definition) is 3. The van der Waals surface area contributed by atoms with Crippen molar-refractivity contribution < 1.29 is 9.90 Å². The summed E-state index contributed by atoms with van der Waals surface area (Å²) >= 11 is 0. The molecule has 3 aromatic rings. The van der Waals surface area contributed by atoms with Crippen molar-refractivity contribution in [2.24, 2.45) is 0 Å². The van der Waals surface area contributed by atoms with Gasteiger partial charge < -0.3 is 10.0 Å². The number of carbonyl (C=O) groups is 1. The molecule has 1 amide bonds. The van der Waals surface area contributed by atoms with Gasteiger partial charge in [-0.3, -0.25) is 4.79 Å². The second kappa shape index (κ2) is 9.33. The summed E-state index contributed by atoms with van der Waals surface area (Å²) in [4.78, 5) is 14.4. The molecule has 1 aliphatic heterocycles. The monoisotopic (exact) mass is 377 g/mol. The zero-order valence-corrected chi connectivity index (χ0v) is 16.3. The van der Waals surface area contributed by atoms with Crippen LogP contribution < -0.4 is 0 Å². The van der Waals surface area contributed by atoms with E-state index in [4.69, 9.17) is 10.2 Å². The van der Waals surface area contributed by atoms with Crippen LogP contribution in [0.25, 0.3) is 16.8 Å². The SMILES string of the molecule is C=CC(=O)N1CCCCC1c1c(-c2ccccc2)nn2ccccc12.CCO. The Labute approximate surface area is 165 Å². The Balaban J connectivity index is 0.000000706. The maximum Gasteiger partial charge on any atom is 0.246 e. The van der Waals surface area contributed by atoms with Crippen LogP contribution in [0.2, 0.25) is 0 Å². The van der Waals surface area contributed by atoms with E-state index >= 15 is 0 Å². The van der Waals surface area contributed by atoms with E-state index in [9.17, 15) is 4.79 Å². The molecule has 0 bridgehead atoms. The first-order valence-electron chi connectivity index (χ1n) is 9.77. The summed E-state index contributed by atoms with van der Waals surface area (Å²) in [7, 11) is 0. The van der Waals surface area contributed by atoms with Gasteiger partial charge in [0.25, 0.3) is 0 Å². The molecule has 1 unspecified atom stereocenters. The fraction of sp³-hybridized carbons (Fsp3) is 0.304. The van der Waals surface area contributed by atoms with Crippen molar-refractivity contribution in [3.63, 3.8) is 0 Å². The minimum Gasteiger partial charge on any atom is -0.397 e. The maximum absolute atomic E-state index is 12.4. The number of aromatic nitrogens is 2. The number of pyridine rings is 1. The van der Waals surface area contributed by atoms with Gasteiger partial charge in [-0.2, -0.15) is 5.10 Å². The Morgan fingerprint density at radius 3 is 2.64 bits per heavy atom. The molecule has 5 nitrogen and oxygen atoms in total. The number of likely N-dealkylation sites (tertiary alicyclic amines) is 1. The van der Waals surface area contributed by atoms with E-state index in [2.05, 4.69) is 24.8 Å². The summed E-state index contributed by atoms with van der Waals surface area (Å²) in [6, 6.07) is 16.3. The first kappa shape index (κ1) is 19.8. The fourth-order valence-corrected chi connectivity index (χ4v) is 3.77. The number of aliphatic hydroxyl groups is 1. The minimum atomic E-state index is -0.000933. The Hall–Kier alpha value is -2.92. The number of aliphatic hydroxyl groups excluding tert-OH is 1. The molecule has 0 saturated carbocycles. The highest BCUT2D eigenvalue weighted by Gasteiger charge is 2.31. The number of nitrogens with zero attached hydrogens (tertiary/aromatic N) is 3. The van der Waals surface area contributed by atoms with Crippen molar-refractivity contribution in [3.8, 4) is 11.3 Å². The van der Waals surface area contributed by atoms with Gasteiger partial charge in [0.1, 0.15) is 0 Å². The largest absolute Gasteiger partial charge is 0.397 e. The standard InChI is InChI=1S/C21H21N3O.C2H6O/c1-2-19(25)23-14-8-6-12-17(23)20-18-13-7-9-15-24(18)22-21(20)16-10-4-3-5-11-16;1-2-3/h2-5,7,9-11,13,15,17H,1,6,8,12,14H2;3H,2H2,1H3. The van der Waals surface area contributed by atoms with Crippen LogP contribution in [0.3, 0.4) is 0 Å². The molecular formula is C23H27N3O2. The molecule has 1 fully saturated rings. The van der Waals surface area contributed by atoms with Gasteiger partial charge in [-0.15, -0.1) is 0 Å². The van der Waals surface area contributed by atoms with E-state index in [1.165, 1.54) is 6.08 Å². The lowest BCUT2D eigenvalue weighted by atomic mass is 9.92. The fourth-order valence-electron chi connectivity index (χ4n) is 3.77. The number of carbonyl (C=O) groups excluding carboxylic acids is 1. The quantitative estimate of drug-likeness (QED) is 0.695. The highest BCUT2D eigenvalue weighted by atomic mass is 16.2. The number of fused-ring (bicyclic) bond motifs is 1. The van der Waals surface area contributed by atoms with Crippen molar-refractivity contribution >= 4 is 11.4 Å². The lowest BCUT2D eigenvalue weighted by Gasteiger charge is -2.35. The second-order valence-corrected chi connectivity index (χ2v) is 6.72. The van der Waals surface area contributed by atoms with Crippen LogP contribution in [0.1, 0.15) is 37.8 Å². The molecule has 5 heteroatoms. The molecule has 1 aromatic carbocycles. The molecule has 0 radical (unpaired) electrons. The molecule has 1 atom stereocenters. The van der Waals surface area contributed by atoms with Gasteiger partial charge in [0.05, 0.1) is 17.3 Å². The van der Waals surface area contributed by atoms with Crippen LogP contribution in [0, 0.1) is 0 Å². The summed E-state index contributed by atoms with van der Waals surface area (Å²) in [5.41, 5.74) is 4.25. The summed E-state index contributed by atoms with van der Waals surface area (Å²) in [5, 5.41) is 12.4. The van der Waals surface area contributed by atoms with Crippen molar-refractivity contribution in [2.45, 2.75) is 32.2 Å². The van der Waals surface area contributed by atoms with Crippen molar-refractivity contribution in [1.29, 1.82) is 0 Å². The zero-order valence-electron chi connectivity index (χ0n) is 16.3. The Morgan fingerprint density at radius 1 is 1.21 bits per heavy atom. The average Bonchev–Trinajstić information content (AvgIpc) is 3.14. The van der Waals surface area contributed by atoms with Crippen LogP contribution in [-0.2, 0) is 4.79 Å². The van der Waals surface area contributed by atoms with E-state index < -0.39 is 0 Å². The normalized spacial score (nSPS) is 16.4. The zero-order chi connectivity index (χ0) is 19.9. The Morgan fingerprint density at radius 2 is 1.93 bits per heavy atom.